The molecule has 0 unspecified atom stereocenters. The fraction of sp³-hybridized carbons (Fsp3) is 0. The number of furan rings is 2. The zero-order valence-corrected chi connectivity index (χ0v) is 28.6. The predicted molar refractivity (Wildman–Crippen MR) is 218 cm³/mol. The summed E-state index contributed by atoms with van der Waals surface area (Å²) < 4.78 is 17.8. The van der Waals surface area contributed by atoms with Gasteiger partial charge in [-0.25, -0.2) is 4.98 Å². The van der Waals surface area contributed by atoms with E-state index in [9.17, 15) is 5.26 Å². The standard InChI is InChI=1S/C48H26N4O2/c49-26-28-11-1-2-12-29(28)38-25-44(52-40-18-8-4-14-31(40)35-22-24-37-33-16-6-10-20-43(33)54-48(37)46(35)52)50-27-41(38)51-39-17-7-3-13-30(39)34-21-23-36-32-15-5-9-19-42(32)53-47(36)45(34)51/h1-25,27H. The smallest absolute Gasteiger partial charge is 0.160 e. The quantitative estimate of drug-likeness (QED) is 0.185. The number of nitrogens with zero attached hydrogens (tertiary/aromatic N) is 4. The fourth-order valence-electron chi connectivity index (χ4n) is 8.72. The first-order valence-corrected chi connectivity index (χ1v) is 17.9. The summed E-state index contributed by atoms with van der Waals surface area (Å²) in [6, 6.07) is 54.3. The zero-order valence-electron chi connectivity index (χ0n) is 28.6. The number of rotatable bonds is 3. The second kappa shape index (κ2) is 10.7. The molecular weight excluding hydrogens is 665 g/mol. The highest BCUT2D eigenvalue weighted by atomic mass is 16.3. The van der Waals surface area contributed by atoms with E-state index in [1.807, 2.05) is 66.9 Å². The molecule has 7 aromatic carbocycles. The molecular formula is C48H26N4O2. The molecule has 0 saturated heterocycles. The molecule has 0 radical (unpaired) electrons. The zero-order chi connectivity index (χ0) is 35.5. The van der Waals surface area contributed by atoms with Crippen molar-refractivity contribution in [2.45, 2.75) is 0 Å². The van der Waals surface area contributed by atoms with Crippen LogP contribution >= 0.6 is 0 Å². The molecule has 6 nitrogen and oxygen atoms in total. The molecule has 0 N–H and O–H groups in total. The Morgan fingerprint density at radius 2 is 0.963 bits per heavy atom. The van der Waals surface area contributed by atoms with Gasteiger partial charge in [0.05, 0.1) is 45.6 Å². The number of fused-ring (bicyclic) bond motifs is 14. The summed E-state index contributed by atoms with van der Waals surface area (Å²) in [4.78, 5) is 5.30. The van der Waals surface area contributed by atoms with E-state index in [1.54, 1.807) is 0 Å². The van der Waals surface area contributed by atoms with Crippen LogP contribution in [0.25, 0.3) is 110 Å². The number of aromatic nitrogens is 3. The highest BCUT2D eigenvalue weighted by Gasteiger charge is 2.24. The van der Waals surface area contributed by atoms with Gasteiger partial charge < -0.3 is 13.4 Å². The molecule has 0 aliphatic carbocycles. The van der Waals surface area contributed by atoms with Crippen molar-refractivity contribution in [3.05, 3.63) is 163 Å². The minimum Gasteiger partial charge on any atom is -0.454 e. The van der Waals surface area contributed by atoms with Crippen LogP contribution in [-0.2, 0) is 0 Å². The van der Waals surface area contributed by atoms with Crippen LogP contribution in [0.5, 0.6) is 0 Å². The molecule has 0 saturated carbocycles. The van der Waals surface area contributed by atoms with E-state index < -0.39 is 0 Å². The van der Waals surface area contributed by atoms with Crippen LogP contribution in [0.1, 0.15) is 5.56 Å². The molecule has 0 atom stereocenters. The van der Waals surface area contributed by atoms with Crippen molar-refractivity contribution in [2.24, 2.45) is 0 Å². The normalized spacial score (nSPS) is 12.1. The number of benzene rings is 7. The second-order valence-electron chi connectivity index (χ2n) is 13.8. The van der Waals surface area contributed by atoms with Gasteiger partial charge in [0.1, 0.15) is 17.0 Å². The molecule has 12 rings (SSSR count). The average molecular weight is 691 g/mol. The van der Waals surface area contributed by atoms with Gasteiger partial charge in [-0.15, -0.1) is 0 Å². The summed E-state index contributed by atoms with van der Waals surface area (Å²) in [5.74, 6) is 0.718. The maximum atomic E-state index is 10.5. The van der Waals surface area contributed by atoms with Gasteiger partial charge in [-0.05, 0) is 48.5 Å². The third-order valence-electron chi connectivity index (χ3n) is 11.0. The third kappa shape index (κ3) is 3.79. The van der Waals surface area contributed by atoms with E-state index in [0.29, 0.717) is 5.56 Å². The summed E-state index contributed by atoms with van der Waals surface area (Å²) in [5, 5.41) is 19.1. The highest BCUT2D eigenvalue weighted by Crippen LogP contribution is 2.44. The van der Waals surface area contributed by atoms with Crippen molar-refractivity contribution in [1.82, 2.24) is 14.1 Å². The van der Waals surface area contributed by atoms with Crippen molar-refractivity contribution in [3.8, 4) is 28.7 Å². The lowest BCUT2D eigenvalue weighted by Crippen LogP contribution is -2.04. The molecule has 12 aromatic rings. The Bertz CT molecular complexity index is 3590. The number of hydrogen-bond donors (Lipinski definition) is 0. The van der Waals surface area contributed by atoms with E-state index in [1.165, 1.54) is 0 Å². The van der Waals surface area contributed by atoms with Gasteiger partial charge in [0.15, 0.2) is 11.2 Å². The minimum atomic E-state index is 0.576. The van der Waals surface area contributed by atoms with E-state index >= 15 is 0 Å². The second-order valence-corrected chi connectivity index (χ2v) is 13.8. The largest absolute Gasteiger partial charge is 0.454 e. The Balaban J connectivity index is 1.24. The Labute approximate surface area is 306 Å². The monoisotopic (exact) mass is 690 g/mol. The average Bonchev–Trinajstić information content (AvgIpc) is 3.98. The van der Waals surface area contributed by atoms with E-state index in [2.05, 4.69) is 106 Å². The van der Waals surface area contributed by atoms with Crippen molar-refractivity contribution in [2.75, 3.05) is 0 Å². The molecule has 5 heterocycles. The molecule has 0 amide bonds. The van der Waals surface area contributed by atoms with Crippen LogP contribution in [0.2, 0.25) is 0 Å². The fourth-order valence-corrected chi connectivity index (χ4v) is 8.72. The van der Waals surface area contributed by atoms with E-state index in [0.717, 1.165) is 110 Å². The van der Waals surface area contributed by atoms with Gasteiger partial charge in [0.2, 0.25) is 0 Å². The molecule has 6 heteroatoms. The first-order chi connectivity index (χ1) is 26.8. The Morgan fingerprint density at radius 1 is 0.463 bits per heavy atom. The van der Waals surface area contributed by atoms with Crippen LogP contribution in [0, 0.1) is 11.3 Å². The lowest BCUT2D eigenvalue weighted by atomic mass is 9.99. The SMILES string of the molecule is N#Cc1ccccc1-c1cc(-n2c3ccccc3c3ccc4c5ccccc5oc4c32)ncc1-n1c2ccccc2c2ccc3c4ccccc4oc3c21. The molecule has 0 aliphatic heterocycles. The van der Waals surface area contributed by atoms with Gasteiger partial charge in [0.25, 0.3) is 0 Å². The predicted octanol–water partition coefficient (Wildman–Crippen LogP) is 12.6. The van der Waals surface area contributed by atoms with Gasteiger partial charge in [-0.1, -0.05) is 103 Å². The summed E-state index contributed by atoms with van der Waals surface area (Å²) in [6.45, 7) is 0. The van der Waals surface area contributed by atoms with Crippen LogP contribution in [0.15, 0.2) is 167 Å². The van der Waals surface area contributed by atoms with Crippen molar-refractivity contribution < 1.29 is 8.83 Å². The van der Waals surface area contributed by atoms with E-state index in [4.69, 9.17) is 13.8 Å². The first kappa shape index (κ1) is 29.0. The van der Waals surface area contributed by atoms with Crippen LogP contribution in [0.3, 0.4) is 0 Å². The molecule has 0 bridgehead atoms. The Kier molecular flexibility index (Phi) is 5.75. The van der Waals surface area contributed by atoms with Crippen LogP contribution in [-0.4, -0.2) is 14.1 Å². The molecule has 250 valence electrons. The molecule has 0 spiro atoms. The summed E-state index contributed by atoms with van der Waals surface area (Å²) >= 11 is 0. The van der Waals surface area contributed by atoms with Gasteiger partial charge in [-0.2, -0.15) is 5.26 Å². The van der Waals surface area contributed by atoms with E-state index in [-0.39, 0.29) is 0 Å². The first-order valence-electron chi connectivity index (χ1n) is 17.9. The maximum Gasteiger partial charge on any atom is 0.160 e. The number of hydrogen-bond acceptors (Lipinski definition) is 4. The summed E-state index contributed by atoms with van der Waals surface area (Å²) in [5.41, 5.74) is 10.3. The Hall–Kier alpha value is -7.62. The van der Waals surface area contributed by atoms with Gasteiger partial charge in [0, 0.05) is 54.2 Å². The highest BCUT2D eigenvalue weighted by molar-refractivity contribution is 6.23. The van der Waals surface area contributed by atoms with Crippen LogP contribution < -0.4 is 0 Å². The van der Waals surface area contributed by atoms with Gasteiger partial charge in [-0.3, -0.25) is 4.57 Å². The lowest BCUT2D eigenvalue weighted by molar-refractivity contribution is 0.670. The lowest BCUT2D eigenvalue weighted by Gasteiger charge is -2.17. The van der Waals surface area contributed by atoms with Crippen molar-refractivity contribution in [3.63, 3.8) is 0 Å². The number of nitriles is 1. The summed E-state index contributed by atoms with van der Waals surface area (Å²) in [6.07, 6.45) is 1.95. The maximum absolute atomic E-state index is 10.5. The molecule has 5 aromatic heterocycles. The third-order valence-corrected chi connectivity index (χ3v) is 11.0. The minimum absolute atomic E-state index is 0.576. The number of pyridine rings is 1. The van der Waals surface area contributed by atoms with Crippen molar-refractivity contribution >= 4 is 87.5 Å². The van der Waals surface area contributed by atoms with Gasteiger partial charge >= 0.3 is 0 Å². The van der Waals surface area contributed by atoms with Crippen LogP contribution in [0.4, 0.5) is 0 Å². The topological polar surface area (TPSA) is 72.8 Å². The summed E-state index contributed by atoms with van der Waals surface area (Å²) in [7, 11) is 0. The molecule has 0 fully saturated rings. The van der Waals surface area contributed by atoms with Crippen molar-refractivity contribution in [1.29, 1.82) is 5.26 Å². The Morgan fingerprint density at radius 3 is 1.59 bits per heavy atom. The molecule has 54 heavy (non-hydrogen) atoms. The number of para-hydroxylation sites is 4. The molecule has 0 aliphatic rings.